The molecule has 0 saturated carbocycles. The Balaban J connectivity index is 1.58. The van der Waals surface area contributed by atoms with Crippen molar-refractivity contribution in [2.24, 2.45) is 0 Å². The van der Waals surface area contributed by atoms with Gasteiger partial charge >= 0.3 is 0 Å². The van der Waals surface area contributed by atoms with Crippen LogP contribution < -0.4 is 5.32 Å². The number of aliphatic hydroxyl groups is 2. The van der Waals surface area contributed by atoms with Crippen LogP contribution in [-0.4, -0.2) is 61.8 Å². The van der Waals surface area contributed by atoms with Crippen molar-refractivity contribution in [2.75, 3.05) is 19.0 Å². The van der Waals surface area contributed by atoms with Crippen LogP contribution in [0.4, 0.5) is 5.82 Å². The average Bonchev–Trinajstić information content (AvgIpc) is 3.23. The van der Waals surface area contributed by atoms with E-state index in [2.05, 4.69) is 48.9 Å². The van der Waals surface area contributed by atoms with E-state index < -0.39 is 24.5 Å². The highest BCUT2D eigenvalue weighted by Gasteiger charge is 2.44. The molecule has 4 rings (SSSR count). The van der Waals surface area contributed by atoms with Gasteiger partial charge in [0.05, 0.1) is 12.9 Å². The normalized spacial score (nSPS) is 24.7. The van der Waals surface area contributed by atoms with Crippen LogP contribution in [0.3, 0.4) is 0 Å². The molecule has 0 amide bonds. The number of halogens is 1. The topological polar surface area (TPSA) is 115 Å². The Labute approximate surface area is 174 Å². The van der Waals surface area contributed by atoms with Gasteiger partial charge in [-0.1, -0.05) is 12.1 Å². The molecule has 2 aromatic heterocycles. The van der Waals surface area contributed by atoms with Crippen LogP contribution in [-0.2, 0) is 16.0 Å². The van der Waals surface area contributed by atoms with Crippen molar-refractivity contribution in [2.45, 2.75) is 31.1 Å². The van der Waals surface area contributed by atoms with Crippen molar-refractivity contribution in [1.82, 2.24) is 19.5 Å². The van der Waals surface area contributed by atoms with Gasteiger partial charge in [0.25, 0.3) is 0 Å². The molecule has 0 bridgehead atoms. The summed E-state index contributed by atoms with van der Waals surface area (Å²) in [6.45, 7) is 0.770. The minimum Gasteiger partial charge on any atom is -0.387 e. The van der Waals surface area contributed by atoms with E-state index >= 15 is 0 Å². The molecule has 2 unspecified atom stereocenters. The minimum absolute atomic E-state index is 0.180. The van der Waals surface area contributed by atoms with Gasteiger partial charge in [-0.15, -0.1) is 0 Å². The van der Waals surface area contributed by atoms with E-state index in [1.807, 2.05) is 18.2 Å². The Morgan fingerprint density at radius 3 is 2.89 bits per heavy atom. The number of aromatic nitrogens is 4. The zero-order valence-corrected chi connectivity index (χ0v) is 17.2. The van der Waals surface area contributed by atoms with E-state index in [4.69, 9.17) is 9.47 Å². The molecule has 10 heteroatoms. The highest BCUT2D eigenvalue weighted by atomic mass is 127. The third-order valence-corrected chi connectivity index (χ3v) is 5.32. The number of benzene rings is 1. The summed E-state index contributed by atoms with van der Waals surface area (Å²) in [7, 11) is 1.52. The largest absolute Gasteiger partial charge is 0.387 e. The Morgan fingerprint density at radius 1 is 1.25 bits per heavy atom. The minimum atomic E-state index is -1.12. The van der Waals surface area contributed by atoms with Crippen LogP contribution in [0, 0.1) is 3.57 Å². The molecule has 9 nitrogen and oxygen atoms in total. The Bertz CT molecular complexity index is 968. The second kappa shape index (κ2) is 8.25. The van der Waals surface area contributed by atoms with Crippen molar-refractivity contribution in [3.63, 3.8) is 0 Å². The van der Waals surface area contributed by atoms with Crippen LogP contribution in [0.15, 0.2) is 36.9 Å². The Kier molecular flexibility index (Phi) is 5.73. The fourth-order valence-corrected chi connectivity index (χ4v) is 3.87. The van der Waals surface area contributed by atoms with Crippen molar-refractivity contribution < 1.29 is 19.7 Å². The van der Waals surface area contributed by atoms with Gasteiger partial charge in [-0.05, 0) is 40.3 Å². The first-order chi connectivity index (χ1) is 13.6. The molecule has 0 radical (unpaired) electrons. The summed E-state index contributed by atoms with van der Waals surface area (Å²) < 4.78 is 13.6. The summed E-state index contributed by atoms with van der Waals surface area (Å²) in [5, 5.41) is 23.9. The first kappa shape index (κ1) is 19.5. The van der Waals surface area contributed by atoms with Crippen LogP contribution in [0.2, 0.25) is 0 Å². The second-order valence-electron chi connectivity index (χ2n) is 6.53. The molecule has 3 aromatic rings. The molecule has 1 aromatic carbocycles. The number of aliphatic hydroxyl groups excluding tert-OH is 2. The zero-order chi connectivity index (χ0) is 19.7. The maximum absolute atomic E-state index is 10.4. The quantitative estimate of drug-likeness (QED) is 0.437. The molecule has 1 fully saturated rings. The molecule has 1 aliphatic heterocycles. The number of imidazole rings is 1. The number of fused-ring (bicyclic) bond motifs is 1. The summed E-state index contributed by atoms with van der Waals surface area (Å²) >= 11 is 2.27. The molecule has 28 heavy (non-hydrogen) atoms. The van der Waals surface area contributed by atoms with Crippen molar-refractivity contribution in [3.8, 4) is 0 Å². The van der Waals surface area contributed by atoms with Gasteiger partial charge in [0.2, 0.25) is 0 Å². The SMILES string of the molecule is COC[C@H]1O[C@@H](n2cnc3c(NCc4cccc(I)c4)ncnc32)C(O)C1O. The van der Waals surface area contributed by atoms with Gasteiger partial charge in [0, 0.05) is 17.2 Å². The molecule has 3 heterocycles. The van der Waals surface area contributed by atoms with Crippen molar-refractivity contribution in [1.29, 1.82) is 0 Å². The standard InChI is InChI=1S/C18H20IN5O4/c1-27-7-12-14(25)15(26)18(28-12)24-9-23-13-16(21-8-22-17(13)24)20-6-10-3-2-4-11(19)5-10/h2-5,8-9,12,14-15,18,25-26H,6-7H2,1H3,(H,20,21,22)/t12-,14?,15?,18-/m1/s1. The Hall–Kier alpha value is -1.86. The maximum atomic E-state index is 10.4. The van der Waals surface area contributed by atoms with E-state index in [1.165, 1.54) is 19.8 Å². The third kappa shape index (κ3) is 3.70. The van der Waals surface area contributed by atoms with Crippen LogP contribution in [0.5, 0.6) is 0 Å². The lowest BCUT2D eigenvalue weighted by Crippen LogP contribution is -2.33. The number of hydrogen-bond acceptors (Lipinski definition) is 8. The predicted molar refractivity (Wildman–Crippen MR) is 110 cm³/mol. The van der Waals surface area contributed by atoms with E-state index in [9.17, 15) is 10.2 Å². The molecule has 3 N–H and O–H groups in total. The third-order valence-electron chi connectivity index (χ3n) is 4.65. The lowest BCUT2D eigenvalue weighted by atomic mass is 10.1. The molecule has 4 atom stereocenters. The van der Waals surface area contributed by atoms with Crippen molar-refractivity contribution in [3.05, 3.63) is 46.1 Å². The molecule has 0 aliphatic carbocycles. The van der Waals surface area contributed by atoms with E-state index in [0.717, 1.165) is 9.13 Å². The fourth-order valence-electron chi connectivity index (χ4n) is 3.26. The van der Waals surface area contributed by atoms with Gasteiger partial charge < -0.3 is 25.0 Å². The fraction of sp³-hybridized carbons (Fsp3) is 0.389. The first-order valence-electron chi connectivity index (χ1n) is 8.75. The summed E-state index contributed by atoms with van der Waals surface area (Å²) in [5.41, 5.74) is 2.20. The summed E-state index contributed by atoms with van der Waals surface area (Å²) in [4.78, 5) is 13.0. The Morgan fingerprint density at radius 2 is 2.11 bits per heavy atom. The molecule has 148 valence electrons. The summed E-state index contributed by atoms with van der Waals surface area (Å²) in [5.74, 6) is 0.587. The number of anilines is 1. The highest BCUT2D eigenvalue weighted by Crippen LogP contribution is 2.32. The molecular formula is C18H20IN5O4. The number of hydrogen-bond donors (Lipinski definition) is 3. The maximum Gasteiger partial charge on any atom is 0.167 e. The average molecular weight is 497 g/mol. The zero-order valence-electron chi connectivity index (χ0n) is 15.1. The first-order valence-corrected chi connectivity index (χ1v) is 9.82. The predicted octanol–water partition coefficient (Wildman–Crippen LogP) is 1.31. The molecule has 1 aliphatic rings. The molecular weight excluding hydrogens is 477 g/mol. The monoisotopic (exact) mass is 497 g/mol. The second-order valence-corrected chi connectivity index (χ2v) is 7.78. The highest BCUT2D eigenvalue weighted by molar-refractivity contribution is 14.1. The number of nitrogens with one attached hydrogen (secondary N) is 1. The van der Waals surface area contributed by atoms with Crippen LogP contribution in [0.1, 0.15) is 11.8 Å². The lowest BCUT2D eigenvalue weighted by Gasteiger charge is -2.16. The van der Waals surface area contributed by atoms with Crippen molar-refractivity contribution >= 4 is 39.6 Å². The number of nitrogens with zero attached hydrogens (tertiary/aromatic N) is 4. The number of methoxy groups -OCH3 is 1. The van der Waals surface area contributed by atoms with Gasteiger partial charge in [-0.3, -0.25) is 4.57 Å². The lowest BCUT2D eigenvalue weighted by molar-refractivity contribution is -0.0580. The van der Waals surface area contributed by atoms with E-state index in [1.54, 1.807) is 4.57 Å². The summed E-state index contributed by atoms with van der Waals surface area (Å²) in [6.07, 6.45) is -0.632. The van der Waals surface area contributed by atoms with Gasteiger partial charge in [-0.25, -0.2) is 15.0 Å². The van der Waals surface area contributed by atoms with Crippen LogP contribution in [0.25, 0.3) is 11.2 Å². The molecule has 0 spiro atoms. The number of ether oxygens (including phenoxy) is 2. The van der Waals surface area contributed by atoms with E-state index in [-0.39, 0.29) is 6.61 Å². The number of rotatable bonds is 6. The van der Waals surface area contributed by atoms with Gasteiger partial charge in [-0.2, -0.15) is 0 Å². The molecule has 1 saturated heterocycles. The van der Waals surface area contributed by atoms with Gasteiger partial charge in [0.15, 0.2) is 23.2 Å². The van der Waals surface area contributed by atoms with Crippen LogP contribution >= 0.6 is 22.6 Å². The van der Waals surface area contributed by atoms with Gasteiger partial charge in [0.1, 0.15) is 24.6 Å². The smallest absolute Gasteiger partial charge is 0.167 e. The summed E-state index contributed by atoms with van der Waals surface area (Å²) in [6, 6.07) is 8.16. The van der Waals surface area contributed by atoms with E-state index in [0.29, 0.717) is 23.5 Å².